The van der Waals surface area contributed by atoms with Crippen molar-refractivity contribution in [2.45, 2.75) is 6.92 Å². The van der Waals surface area contributed by atoms with E-state index < -0.39 is 9.85 Å². The molecule has 26 heavy (non-hydrogen) atoms. The van der Waals surface area contributed by atoms with Crippen LogP contribution in [0.3, 0.4) is 0 Å². The highest BCUT2D eigenvalue weighted by molar-refractivity contribution is 9.10. The normalized spacial score (nSPS) is 11.2. The predicted molar refractivity (Wildman–Crippen MR) is 95.3 cm³/mol. The van der Waals surface area contributed by atoms with Crippen LogP contribution in [0.25, 0.3) is 23.5 Å². The molecule has 0 spiro atoms. The molecule has 0 aliphatic rings. The van der Waals surface area contributed by atoms with Gasteiger partial charge in [-0.15, -0.1) is 0 Å². The number of hydrogen-bond acceptors (Lipinski definition) is 7. The summed E-state index contributed by atoms with van der Waals surface area (Å²) < 4.78 is 11.1. The lowest BCUT2D eigenvalue weighted by Gasteiger charge is -2.00. The maximum absolute atomic E-state index is 11.0. The number of halogens is 1. The van der Waals surface area contributed by atoms with Crippen molar-refractivity contribution in [2.75, 3.05) is 0 Å². The molecule has 0 saturated heterocycles. The molecule has 2 aromatic heterocycles. The van der Waals surface area contributed by atoms with E-state index in [2.05, 4.69) is 21.1 Å². The number of nitro groups is 2. The molecular weight excluding hydrogens is 410 g/mol. The second-order valence-electron chi connectivity index (χ2n) is 5.19. The van der Waals surface area contributed by atoms with E-state index in [1.807, 2.05) is 0 Å². The molecule has 1 aromatic carbocycles. The van der Waals surface area contributed by atoms with Crippen LogP contribution < -0.4 is 0 Å². The number of aromatic nitrogens is 1. The van der Waals surface area contributed by atoms with Crippen molar-refractivity contribution in [3.8, 4) is 11.3 Å². The van der Waals surface area contributed by atoms with E-state index >= 15 is 0 Å². The Morgan fingerprint density at radius 2 is 1.88 bits per heavy atom. The quantitative estimate of drug-likeness (QED) is 0.420. The zero-order valence-electron chi connectivity index (χ0n) is 13.2. The average Bonchev–Trinajstić information content (AvgIpc) is 3.19. The van der Waals surface area contributed by atoms with E-state index in [4.69, 9.17) is 8.94 Å². The van der Waals surface area contributed by atoms with Crippen LogP contribution in [0.2, 0.25) is 0 Å². The Morgan fingerprint density at radius 3 is 2.54 bits per heavy atom. The number of nitrogens with zero attached hydrogens (tertiary/aromatic N) is 3. The van der Waals surface area contributed by atoms with Gasteiger partial charge in [-0.25, -0.2) is 0 Å². The molecular formula is C16H10BrN3O6. The molecule has 10 heteroatoms. The van der Waals surface area contributed by atoms with Crippen LogP contribution in [0.1, 0.15) is 17.2 Å². The van der Waals surface area contributed by atoms with Gasteiger partial charge in [-0.05, 0) is 53.2 Å². The van der Waals surface area contributed by atoms with Crippen LogP contribution in [0.15, 0.2) is 43.7 Å². The standard InChI is InChI=1S/C16H10BrN3O6/c1-9-16(20(23)24)15(26-18-9)7-4-11-3-6-14(25-11)12-5-2-10(19(21)22)8-13(12)17/h2-8H,1H3/b7-4-. The van der Waals surface area contributed by atoms with Crippen LogP contribution in [0, 0.1) is 27.2 Å². The zero-order valence-corrected chi connectivity index (χ0v) is 14.8. The van der Waals surface area contributed by atoms with Gasteiger partial charge < -0.3 is 8.94 Å². The summed E-state index contributed by atoms with van der Waals surface area (Å²) in [6.07, 6.45) is 2.90. The first-order valence-corrected chi connectivity index (χ1v) is 7.99. The van der Waals surface area contributed by atoms with Gasteiger partial charge in [-0.1, -0.05) is 5.16 Å². The summed E-state index contributed by atoms with van der Waals surface area (Å²) in [7, 11) is 0. The molecule has 0 aliphatic heterocycles. The fourth-order valence-electron chi connectivity index (χ4n) is 2.28. The topological polar surface area (TPSA) is 125 Å². The summed E-state index contributed by atoms with van der Waals surface area (Å²) >= 11 is 3.28. The molecule has 0 aliphatic carbocycles. The molecule has 3 rings (SSSR count). The highest BCUT2D eigenvalue weighted by atomic mass is 79.9. The first kappa shape index (κ1) is 17.5. The second-order valence-corrected chi connectivity index (χ2v) is 6.05. The third kappa shape index (κ3) is 3.40. The lowest BCUT2D eigenvalue weighted by atomic mass is 10.1. The molecule has 0 saturated carbocycles. The number of furan rings is 1. The van der Waals surface area contributed by atoms with Gasteiger partial charge in [0.25, 0.3) is 5.69 Å². The molecule has 0 bridgehead atoms. The predicted octanol–water partition coefficient (Wildman–Crippen LogP) is 4.99. The number of non-ortho nitro benzene ring substituents is 1. The molecule has 0 atom stereocenters. The van der Waals surface area contributed by atoms with E-state index in [9.17, 15) is 20.2 Å². The summed E-state index contributed by atoms with van der Waals surface area (Å²) in [6.45, 7) is 1.48. The van der Waals surface area contributed by atoms with Crippen LogP contribution in [0.5, 0.6) is 0 Å². The second kappa shape index (κ2) is 6.92. The van der Waals surface area contributed by atoms with E-state index in [-0.39, 0.29) is 22.8 Å². The minimum absolute atomic E-state index is 0.0157. The number of benzene rings is 1. The van der Waals surface area contributed by atoms with Crippen molar-refractivity contribution < 1.29 is 18.8 Å². The Labute approximate surface area is 154 Å². The number of aryl methyl sites for hydroxylation is 1. The zero-order chi connectivity index (χ0) is 18.8. The summed E-state index contributed by atoms with van der Waals surface area (Å²) in [4.78, 5) is 20.8. The van der Waals surface area contributed by atoms with Crippen molar-refractivity contribution in [2.24, 2.45) is 0 Å². The Balaban J connectivity index is 1.87. The van der Waals surface area contributed by atoms with Crippen LogP contribution in [0.4, 0.5) is 11.4 Å². The molecule has 0 unspecified atom stereocenters. The summed E-state index contributed by atoms with van der Waals surface area (Å²) in [5.41, 5.74) is 0.577. The van der Waals surface area contributed by atoms with Crippen molar-refractivity contribution in [1.82, 2.24) is 5.16 Å². The minimum atomic E-state index is -0.562. The fourth-order valence-corrected chi connectivity index (χ4v) is 2.84. The maximum Gasteiger partial charge on any atom is 0.338 e. The molecule has 2 heterocycles. The van der Waals surface area contributed by atoms with Crippen molar-refractivity contribution in [1.29, 1.82) is 0 Å². The summed E-state index contributed by atoms with van der Waals surface area (Å²) in [5.74, 6) is 0.922. The van der Waals surface area contributed by atoms with E-state index in [1.54, 1.807) is 18.2 Å². The summed E-state index contributed by atoms with van der Waals surface area (Å²) in [6, 6.07) is 7.67. The molecule has 0 amide bonds. The fraction of sp³-hybridized carbons (Fsp3) is 0.0625. The smallest absolute Gasteiger partial charge is 0.338 e. The third-order valence-electron chi connectivity index (χ3n) is 3.49. The Kier molecular flexibility index (Phi) is 4.67. The van der Waals surface area contributed by atoms with Crippen LogP contribution >= 0.6 is 15.9 Å². The van der Waals surface area contributed by atoms with Gasteiger partial charge >= 0.3 is 5.69 Å². The maximum atomic E-state index is 11.0. The van der Waals surface area contributed by atoms with Crippen molar-refractivity contribution in [3.63, 3.8) is 0 Å². The van der Waals surface area contributed by atoms with E-state index in [1.165, 1.54) is 31.2 Å². The van der Waals surface area contributed by atoms with Gasteiger partial charge in [-0.2, -0.15) is 0 Å². The van der Waals surface area contributed by atoms with Crippen molar-refractivity contribution in [3.05, 3.63) is 72.2 Å². The number of rotatable bonds is 5. The van der Waals surface area contributed by atoms with Gasteiger partial charge in [0.15, 0.2) is 5.69 Å². The Morgan fingerprint density at radius 1 is 1.12 bits per heavy atom. The van der Waals surface area contributed by atoms with E-state index in [0.717, 1.165) is 0 Å². The van der Waals surface area contributed by atoms with Gasteiger partial charge in [0.05, 0.1) is 9.85 Å². The number of hydrogen-bond donors (Lipinski definition) is 0. The Hall–Kier alpha value is -3.27. The first-order chi connectivity index (χ1) is 12.4. The number of nitro benzene ring substituents is 1. The van der Waals surface area contributed by atoms with Crippen LogP contribution in [-0.2, 0) is 0 Å². The molecule has 0 N–H and O–H groups in total. The largest absolute Gasteiger partial charge is 0.457 e. The highest BCUT2D eigenvalue weighted by Crippen LogP contribution is 2.33. The van der Waals surface area contributed by atoms with Gasteiger partial charge in [0.1, 0.15) is 11.5 Å². The van der Waals surface area contributed by atoms with Crippen molar-refractivity contribution >= 4 is 39.5 Å². The lowest BCUT2D eigenvalue weighted by Crippen LogP contribution is -1.90. The van der Waals surface area contributed by atoms with Gasteiger partial charge in [-0.3, -0.25) is 20.2 Å². The van der Waals surface area contributed by atoms with Crippen LogP contribution in [-0.4, -0.2) is 15.0 Å². The molecule has 3 aromatic rings. The van der Waals surface area contributed by atoms with Gasteiger partial charge in [0, 0.05) is 22.2 Å². The summed E-state index contributed by atoms with van der Waals surface area (Å²) in [5, 5.41) is 25.4. The lowest BCUT2D eigenvalue weighted by molar-refractivity contribution is -0.386. The minimum Gasteiger partial charge on any atom is -0.457 e. The molecule has 132 valence electrons. The van der Waals surface area contributed by atoms with E-state index in [0.29, 0.717) is 21.6 Å². The highest BCUT2D eigenvalue weighted by Gasteiger charge is 2.22. The molecule has 0 radical (unpaired) electrons. The average molecular weight is 420 g/mol. The molecule has 9 nitrogen and oxygen atoms in total. The SMILES string of the molecule is Cc1noc(/C=C\c2ccc(-c3ccc([N+](=O)[O-])cc3Br)o2)c1[N+](=O)[O-]. The Bertz CT molecular complexity index is 1040. The van der Waals surface area contributed by atoms with Gasteiger partial charge in [0.2, 0.25) is 5.76 Å². The third-order valence-corrected chi connectivity index (χ3v) is 4.15. The first-order valence-electron chi connectivity index (χ1n) is 7.19. The molecule has 0 fully saturated rings. The monoisotopic (exact) mass is 419 g/mol.